The minimum absolute atomic E-state index is 0. The van der Waals surface area contributed by atoms with Crippen LogP contribution in [-0.2, 0) is 17.8 Å². The fourth-order valence-corrected chi connectivity index (χ4v) is 5.62. The second-order valence-corrected chi connectivity index (χ2v) is 10.1. The zero-order chi connectivity index (χ0) is 23.4. The molecule has 3 aliphatic rings. The quantitative estimate of drug-likeness (QED) is 0.659. The second kappa shape index (κ2) is 9.91. The average molecular weight is 484 g/mol. The van der Waals surface area contributed by atoms with Gasteiger partial charge in [0.05, 0.1) is 5.69 Å². The van der Waals surface area contributed by atoms with Gasteiger partial charge in [0.1, 0.15) is 23.4 Å². The van der Waals surface area contributed by atoms with E-state index in [-0.39, 0.29) is 44.4 Å². The number of aromatic nitrogens is 2. The molecule has 35 heavy (non-hydrogen) atoms. The molecular formula is C27H38FN5O2. The lowest BCUT2D eigenvalue weighted by Crippen LogP contribution is -2.49. The van der Waals surface area contributed by atoms with Crippen molar-refractivity contribution >= 4 is 23.3 Å². The molecule has 0 spiro atoms. The monoisotopic (exact) mass is 483 g/mol. The van der Waals surface area contributed by atoms with E-state index in [1.165, 1.54) is 12.1 Å². The number of halogens is 1. The van der Waals surface area contributed by atoms with Crippen LogP contribution < -0.4 is 10.2 Å². The molecule has 5 rings (SSSR count). The van der Waals surface area contributed by atoms with Gasteiger partial charge in [0, 0.05) is 32.1 Å². The highest BCUT2D eigenvalue weighted by Crippen LogP contribution is 2.39. The van der Waals surface area contributed by atoms with Crippen molar-refractivity contribution in [2.45, 2.75) is 67.5 Å². The maximum atomic E-state index is 13.5. The Kier molecular flexibility index (Phi) is 7.53. The summed E-state index contributed by atoms with van der Waals surface area (Å²) in [5.74, 6) is 2.40. The molecule has 3 heterocycles. The third-order valence-corrected chi connectivity index (χ3v) is 7.25. The standard InChI is InChI=1S/C25H30FN5O2.2CH4/c1-13(2)22-24(32)29-21-14(3)27-20(28-23(21)30(22)4)9-15-7-16(8-15)11-31-12-17-10-18(26)5-6-19(17)25(31)33;;/h5-6,10,13,15-16,22H,7-9,11-12H2,1-4H3,(H,29,32);2*1H4/t15?,16?,22-;;/m0../s1. The number of rotatable bonds is 5. The zero-order valence-electron chi connectivity index (χ0n) is 19.6. The number of anilines is 2. The summed E-state index contributed by atoms with van der Waals surface area (Å²) in [7, 11) is 1.93. The summed E-state index contributed by atoms with van der Waals surface area (Å²) >= 11 is 0. The van der Waals surface area contributed by atoms with Crippen LogP contribution in [0.1, 0.15) is 69.0 Å². The van der Waals surface area contributed by atoms with Gasteiger partial charge >= 0.3 is 0 Å². The minimum Gasteiger partial charge on any atom is -0.346 e. The van der Waals surface area contributed by atoms with E-state index in [0.29, 0.717) is 36.2 Å². The Labute approximate surface area is 208 Å². The lowest BCUT2D eigenvalue weighted by Gasteiger charge is -2.38. The molecule has 1 saturated carbocycles. The van der Waals surface area contributed by atoms with Crippen molar-refractivity contribution in [1.29, 1.82) is 0 Å². The molecule has 1 aromatic heterocycles. The first-order valence-corrected chi connectivity index (χ1v) is 11.7. The number of hydrogen-bond donors (Lipinski definition) is 1. The van der Waals surface area contributed by atoms with E-state index in [9.17, 15) is 14.0 Å². The number of amides is 2. The van der Waals surface area contributed by atoms with Crippen LogP contribution in [0.15, 0.2) is 18.2 Å². The highest BCUT2D eigenvalue weighted by Gasteiger charge is 2.37. The highest BCUT2D eigenvalue weighted by molar-refractivity contribution is 6.03. The van der Waals surface area contributed by atoms with Crippen LogP contribution >= 0.6 is 0 Å². The number of carbonyl (C=O) groups is 2. The van der Waals surface area contributed by atoms with Gasteiger partial charge in [0.2, 0.25) is 5.91 Å². The van der Waals surface area contributed by atoms with Crippen molar-refractivity contribution in [3.8, 4) is 0 Å². The van der Waals surface area contributed by atoms with Gasteiger partial charge in [-0.05, 0) is 61.3 Å². The van der Waals surface area contributed by atoms with Crippen molar-refractivity contribution in [1.82, 2.24) is 14.9 Å². The topological polar surface area (TPSA) is 78.4 Å². The van der Waals surface area contributed by atoms with Gasteiger partial charge in [0.15, 0.2) is 5.82 Å². The number of aryl methyl sites for hydroxylation is 1. The SMILES string of the molecule is C.C.Cc1nc(CC2CC(CN3Cc4cc(F)ccc4C3=O)C2)nc2c1NC(=O)[C@H](C(C)C)N2C. The number of fused-ring (bicyclic) bond motifs is 2. The van der Waals surface area contributed by atoms with E-state index in [1.54, 1.807) is 6.07 Å². The van der Waals surface area contributed by atoms with E-state index in [1.807, 2.05) is 37.6 Å². The molecule has 190 valence electrons. The molecule has 0 saturated heterocycles. The fraction of sp³-hybridized carbons (Fsp3) is 0.556. The first-order chi connectivity index (χ1) is 15.7. The molecule has 2 amide bonds. The Hall–Kier alpha value is -3.03. The lowest BCUT2D eigenvalue weighted by atomic mass is 9.73. The molecule has 1 atom stereocenters. The van der Waals surface area contributed by atoms with Gasteiger partial charge in [-0.1, -0.05) is 28.7 Å². The fourth-order valence-electron chi connectivity index (χ4n) is 5.62. The van der Waals surface area contributed by atoms with E-state index in [2.05, 4.69) is 10.3 Å². The van der Waals surface area contributed by atoms with Gasteiger partial charge in [-0.3, -0.25) is 9.59 Å². The molecule has 1 aliphatic carbocycles. The van der Waals surface area contributed by atoms with E-state index >= 15 is 0 Å². The predicted molar refractivity (Wildman–Crippen MR) is 137 cm³/mol. The molecule has 1 N–H and O–H groups in total. The molecule has 2 aliphatic heterocycles. The van der Waals surface area contributed by atoms with Crippen LogP contribution in [0.3, 0.4) is 0 Å². The number of nitrogens with one attached hydrogen (secondary N) is 1. The Morgan fingerprint density at radius 1 is 1.14 bits per heavy atom. The maximum absolute atomic E-state index is 13.5. The maximum Gasteiger partial charge on any atom is 0.254 e. The van der Waals surface area contributed by atoms with E-state index in [0.717, 1.165) is 42.2 Å². The molecular weight excluding hydrogens is 445 g/mol. The van der Waals surface area contributed by atoms with Gasteiger partial charge in [0.25, 0.3) is 5.91 Å². The summed E-state index contributed by atoms with van der Waals surface area (Å²) in [5, 5.41) is 2.99. The highest BCUT2D eigenvalue weighted by atomic mass is 19.1. The normalized spacial score (nSPS) is 22.6. The number of likely N-dealkylation sites (N-methyl/N-ethyl adjacent to an activating group) is 1. The summed E-state index contributed by atoms with van der Waals surface area (Å²) in [5.41, 5.74) is 2.91. The van der Waals surface area contributed by atoms with Crippen LogP contribution in [0.5, 0.6) is 0 Å². The summed E-state index contributed by atoms with van der Waals surface area (Å²) in [6.45, 7) is 7.19. The Morgan fingerprint density at radius 3 is 2.54 bits per heavy atom. The largest absolute Gasteiger partial charge is 0.346 e. The molecule has 1 aromatic carbocycles. The van der Waals surface area contributed by atoms with Crippen LogP contribution in [0.2, 0.25) is 0 Å². The number of carbonyl (C=O) groups excluding carboxylic acids is 2. The van der Waals surface area contributed by atoms with Crippen LogP contribution in [-0.4, -0.2) is 46.3 Å². The Morgan fingerprint density at radius 2 is 1.86 bits per heavy atom. The first kappa shape index (κ1) is 26.6. The summed E-state index contributed by atoms with van der Waals surface area (Å²) < 4.78 is 13.5. The Balaban J connectivity index is 0.00000171. The summed E-state index contributed by atoms with van der Waals surface area (Å²) in [6, 6.07) is 4.17. The molecule has 2 aromatic rings. The number of benzene rings is 1. The van der Waals surface area contributed by atoms with Crippen molar-refractivity contribution < 1.29 is 14.0 Å². The van der Waals surface area contributed by atoms with E-state index < -0.39 is 0 Å². The number of nitrogens with zero attached hydrogens (tertiary/aromatic N) is 4. The average Bonchev–Trinajstić information content (AvgIpc) is 3.01. The molecule has 0 bridgehead atoms. The molecule has 1 fully saturated rings. The third kappa shape index (κ3) is 4.75. The molecule has 0 unspecified atom stereocenters. The van der Waals surface area contributed by atoms with Crippen molar-refractivity contribution in [3.05, 3.63) is 46.7 Å². The van der Waals surface area contributed by atoms with Gasteiger partial charge in [-0.2, -0.15) is 0 Å². The van der Waals surface area contributed by atoms with Crippen LogP contribution in [0, 0.1) is 30.5 Å². The predicted octanol–water partition coefficient (Wildman–Crippen LogP) is 4.83. The lowest BCUT2D eigenvalue weighted by molar-refractivity contribution is -0.118. The number of hydrogen-bond acceptors (Lipinski definition) is 5. The van der Waals surface area contributed by atoms with Gasteiger partial charge in [-0.15, -0.1) is 0 Å². The molecule has 7 nitrogen and oxygen atoms in total. The van der Waals surface area contributed by atoms with Crippen molar-refractivity contribution in [3.63, 3.8) is 0 Å². The third-order valence-electron chi connectivity index (χ3n) is 7.25. The van der Waals surface area contributed by atoms with Crippen LogP contribution in [0.25, 0.3) is 0 Å². The molecule has 8 heteroatoms. The smallest absolute Gasteiger partial charge is 0.254 e. The van der Waals surface area contributed by atoms with Gasteiger partial charge in [-0.25, -0.2) is 14.4 Å². The van der Waals surface area contributed by atoms with E-state index in [4.69, 9.17) is 4.98 Å². The zero-order valence-corrected chi connectivity index (χ0v) is 19.6. The Bertz CT molecular complexity index is 1130. The second-order valence-electron chi connectivity index (χ2n) is 10.1. The minimum atomic E-state index is -0.294. The van der Waals surface area contributed by atoms with Crippen LogP contribution in [0.4, 0.5) is 15.9 Å². The molecule has 0 radical (unpaired) electrons. The summed E-state index contributed by atoms with van der Waals surface area (Å²) in [4.78, 5) is 38.4. The summed E-state index contributed by atoms with van der Waals surface area (Å²) in [6.07, 6.45) is 2.84. The van der Waals surface area contributed by atoms with Crippen molar-refractivity contribution in [2.24, 2.45) is 17.8 Å². The van der Waals surface area contributed by atoms with Gasteiger partial charge < -0.3 is 15.1 Å². The van der Waals surface area contributed by atoms with Crippen molar-refractivity contribution in [2.75, 3.05) is 23.8 Å². The first-order valence-electron chi connectivity index (χ1n) is 11.7.